The van der Waals surface area contributed by atoms with E-state index in [-0.39, 0.29) is 5.91 Å². The van der Waals surface area contributed by atoms with E-state index >= 15 is 0 Å². The van der Waals surface area contributed by atoms with Crippen LogP contribution >= 0.6 is 11.6 Å². The van der Waals surface area contributed by atoms with Gasteiger partial charge in [-0.25, -0.2) is 4.98 Å². The molecule has 1 amide bonds. The van der Waals surface area contributed by atoms with E-state index < -0.39 is 0 Å². The number of nitrogens with zero attached hydrogens (tertiary/aromatic N) is 3. The van der Waals surface area contributed by atoms with E-state index in [1.165, 1.54) is 0 Å². The maximum Gasteiger partial charge on any atom is 0.257 e. The molecule has 0 saturated carbocycles. The van der Waals surface area contributed by atoms with Crippen LogP contribution in [0.3, 0.4) is 0 Å². The molecule has 1 aliphatic heterocycles. The molecule has 0 atom stereocenters. The van der Waals surface area contributed by atoms with Crippen molar-refractivity contribution in [2.24, 2.45) is 0 Å². The Morgan fingerprint density at radius 3 is 2.86 bits per heavy atom. The summed E-state index contributed by atoms with van der Waals surface area (Å²) < 4.78 is 7.56. The number of unbranched alkanes of at least 4 members (excludes halogenated alkanes) is 1. The molecule has 4 rings (SSSR count). The van der Waals surface area contributed by atoms with Gasteiger partial charge in [-0.15, -0.1) is 0 Å². The number of benzene rings is 1. The largest absolute Gasteiger partial charge is 0.378 e. The first kappa shape index (κ1) is 19.7. The van der Waals surface area contributed by atoms with Gasteiger partial charge >= 0.3 is 0 Å². The number of pyridine rings is 1. The molecule has 1 aromatic carbocycles. The second kappa shape index (κ2) is 8.84. The van der Waals surface area contributed by atoms with Gasteiger partial charge in [-0.2, -0.15) is 0 Å². The van der Waals surface area contributed by atoms with Crippen LogP contribution in [-0.4, -0.2) is 46.7 Å². The number of anilines is 2. The second-order valence-corrected chi connectivity index (χ2v) is 7.62. The highest BCUT2D eigenvalue weighted by Crippen LogP contribution is 2.30. The molecule has 3 aromatic rings. The molecule has 0 unspecified atom stereocenters. The van der Waals surface area contributed by atoms with Crippen LogP contribution in [0.25, 0.3) is 10.9 Å². The predicted molar refractivity (Wildman–Crippen MR) is 116 cm³/mol. The topological polar surface area (TPSA) is 59.4 Å². The molecule has 29 heavy (non-hydrogen) atoms. The first-order valence-electron chi connectivity index (χ1n) is 10.0. The van der Waals surface area contributed by atoms with Gasteiger partial charge in [0.15, 0.2) is 0 Å². The maximum absolute atomic E-state index is 13.2. The summed E-state index contributed by atoms with van der Waals surface area (Å²) >= 11 is 6.12. The van der Waals surface area contributed by atoms with Crippen molar-refractivity contribution in [1.82, 2.24) is 14.5 Å². The van der Waals surface area contributed by atoms with Crippen LogP contribution in [0, 0.1) is 0 Å². The van der Waals surface area contributed by atoms with Gasteiger partial charge in [0.1, 0.15) is 5.82 Å². The number of rotatable bonds is 6. The molecular formula is C22H25ClN4O2. The Morgan fingerprint density at radius 2 is 2.10 bits per heavy atom. The van der Waals surface area contributed by atoms with E-state index in [2.05, 4.69) is 21.8 Å². The van der Waals surface area contributed by atoms with Gasteiger partial charge < -0.3 is 19.5 Å². The van der Waals surface area contributed by atoms with Gasteiger partial charge in [0.05, 0.1) is 24.3 Å². The summed E-state index contributed by atoms with van der Waals surface area (Å²) in [6.07, 6.45) is 5.87. The molecule has 2 aromatic heterocycles. The third kappa shape index (κ3) is 4.23. The third-order valence-electron chi connectivity index (χ3n) is 5.17. The van der Waals surface area contributed by atoms with Gasteiger partial charge in [-0.1, -0.05) is 31.0 Å². The molecule has 1 fully saturated rings. The SMILES string of the molecule is CCCCn1ccc2c(Nc3cccc(Cl)c3)ncc(C(=O)N3CCOCC3)c21. The smallest absolute Gasteiger partial charge is 0.257 e. The molecule has 0 bridgehead atoms. The molecule has 1 N–H and O–H groups in total. The van der Waals surface area contributed by atoms with Crippen molar-refractivity contribution in [3.63, 3.8) is 0 Å². The Hall–Kier alpha value is -2.57. The molecule has 6 nitrogen and oxygen atoms in total. The van der Waals surface area contributed by atoms with E-state index in [9.17, 15) is 4.79 Å². The molecule has 1 saturated heterocycles. The van der Waals surface area contributed by atoms with Gasteiger partial charge in [0.2, 0.25) is 0 Å². The van der Waals surface area contributed by atoms with Crippen LogP contribution < -0.4 is 5.32 Å². The zero-order valence-electron chi connectivity index (χ0n) is 16.5. The quantitative estimate of drug-likeness (QED) is 0.637. The monoisotopic (exact) mass is 412 g/mol. The van der Waals surface area contributed by atoms with Crippen molar-refractivity contribution in [1.29, 1.82) is 0 Å². The van der Waals surface area contributed by atoms with Crippen molar-refractivity contribution < 1.29 is 9.53 Å². The number of fused-ring (bicyclic) bond motifs is 1. The van der Waals surface area contributed by atoms with Crippen LogP contribution in [0.1, 0.15) is 30.1 Å². The molecule has 1 aliphatic rings. The lowest BCUT2D eigenvalue weighted by molar-refractivity contribution is 0.0303. The molecule has 0 spiro atoms. The summed E-state index contributed by atoms with van der Waals surface area (Å²) in [4.78, 5) is 19.7. The standard InChI is InChI=1S/C22H25ClN4O2/c1-2-3-8-26-9-7-18-20(26)19(22(28)27-10-12-29-13-11-27)15-24-21(18)25-17-6-4-5-16(23)14-17/h4-7,9,14-15H,2-3,8,10-13H2,1H3,(H,24,25). The zero-order chi connectivity index (χ0) is 20.2. The Morgan fingerprint density at radius 1 is 1.28 bits per heavy atom. The van der Waals surface area contributed by atoms with Crippen molar-refractivity contribution >= 4 is 39.9 Å². The first-order valence-corrected chi connectivity index (χ1v) is 10.4. The number of hydrogen-bond donors (Lipinski definition) is 1. The average Bonchev–Trinajstić information content (AvgIpc) is 3.17. The summed E-state index contributed by atoms with van der Waals surface area (Å²) in [5, 5.41) is 4.94. The van der Waals surface area contributed by atoms with Crippen molar-refractivity contribution in [2.75, 3.05) is 31.6 Å². The van der Waals surface area contributed by atoms with Crippen molar-refractivity contribution in [3.8, 4) is 0 Å². The molecule has 0 radical (unpaired) electrons. The van der Waals surface area contributed by atoms with Gasteiger partial charge in [0, 0.05) is 48.1 Å². The third-order valence-corrected chi connectivity index (χ3v) is 5.40. The van der Waals surface area contributed by atoms with E-state index in [1.54, 1.807) is 6.20 Å². The van der Waals surface area contributed by atoms with E-state index in [1.807, 2.05) is 41.4 Å². The second-order valence-electron chi connectivity index (χ2n) is 7.19. The van der Waals surface area contributed by atoms with Crippen LogP contribution in [0.5, 0.6) is 0 Å². The number of nitrogens with one attached hydrogen (secondary N) is 1. The molecule has 0 aliphatic carbocycles. The highest BCUT2D eigenvalue weighted by atomic mass is 35.5. The lowest BCUT2D eigenvalue weighted by atomic mass is 10.1. The highest BCUT2D eigenvalue weighted by Gasteiger charge is 2.23. The average molecular weight is 413 g/mol. The normalized spacial score (nSPS) is 14.3. The number of carbonyl (C=O) groups is 1. The molecule has 7 heteroatoms. The lowest BCUT2D eigenvalue weighted by Gasteiger charge is -2.27. The number of hydrogen-bond acceptors (Lipinski definition) is 4. The van der Waals surface area contributed by atoms with E-state index in [4.69, 9.17) is 16.3 Å². The van der Waals surface area contributed by atoms with Gasteiger partial charge in [-0.05, 0) is 30.7 Å². The Labute approximate surface area is 175 Å². The van der Waals surface area contributed by atoms with Crippen LogP contribution in [-0.2, 0) is 11.3 Å². The van der Waals surface area contributed by atoms with Crippen molar-refractivity contribution in [2.45, 2.75) is 26.3 Å². The molecule has 152 valence electrons. The van der Waals surface area contributed by atoms with Crippen LogP contribution in [0.15, 0.2) is 42.7 Å². The summed E-state index contributed by atoms with van der Waals surface area (Å²) in [5.41, 5.74) is 2.42. The van der Waals surface area contributed by atoms with Crippen LogP contribution in [0.2, 0.25) is 5.02 Å². The van der Waals surface area contributed by atoms with Gasteiger partial charge in [-0.3, -0.25) is 4.79 Å². The van der Waals surface area contributed by atoms with Gasteiger partial charge in [0.25, 0.3) is 5.91 Å². The number of ether oxygens (including phenoxy) is 1. The Balaban J connectivity index is 1.75. The Kier molecular flexibility index (Phi) is 6.02. The molecule has 3 heterocycles. The number of morpholine rings is 1. The summed E-state index contributed by atoms with van der Waals surface area (Å²) in [7, 11) is 0. The minimum absolute atomic E-state index is 0.0107. The summed E-state index contributed by atoms with van der Waals surface area (Å²) in [5.74, 6) is 0.729. The number of aromatic nitrogens is 2. The zero-order valence-corrected chi connectivity index (χ0v) is 17.3. The minimum atomic E-state index is 0.0107. The fourth-order valence-electron chi connectivity index (χ4n) is 3.63. The minimum Gasteiger partial charge on any atom is -0.378 e. The fourth-order valence-corrected chi connectivity index (χ4v) is 3.82. The predicted octanol–water partition coefficient (Wildman–Crippen LogP) is 4.71. The maximum atomic E-state index is 13.2. The first-order chi connectivity index (χ1) is 14.2. The van der Waals surface area contributed by atoms with Crippen molar-refractivity contribution in [3.05, 3.63) is 53.3 Å². The Bertz CT molecular complexity index is 1010. The fraction of sp³-hybridized carbons (Fsp3) is 0.364. The summed E-state index contributed by atoms with van der Waals surface area (Å²) in [6, 6.07) is 9.56. The number of carbonyl (C=O) groups excluding carboxylic acids is 1. The molecular weight excluding hydrogens is 388 g/mol. The summed E-state index contributed by atoms with van der Waals surface area (Å²) in [6.45, 7) is 5.40. The van der Waals surface area contributed by atoms with E-state index in [0.717, 1.165) is 41.8 Å². The number of amides is 1. The number of halogens is 1. The number of aryl methyl sites for hydroxylation is 1. The van der Waals surface area contributed by atoms with Crippen LogP contribution in [0.4, 0.5) is 11.5 Å². The van der Waals surface area contributed by atoms with E-state index in [0.29, 0.717) is 36.9 Å². The lowest BCUT2D eigenvalue weighted by Crippen LogP contribution is -2.40. The highest BCUT2D eigenvalue weighted by molar-refractivity contribution is 6.30.